The van der Waals surface area contributed by atoms with Gasteiger partial charge in [0, 0.05) is 26.6 Å². The summed E-state index contributed by atoms with van der Waals surface area (Å²) in [7, 11) is 1.52. The van der Waals surface area contributed by atoms with E-state index in [4.69, 9.17) is 15.6 Å². The number of aliphatic carboxylic acids is 1. The van der Waals surface area contributed by atoms with Crippen LogP contribution in [0, 0.1) is 0 Å². The largest absolute Gasteiger partial charge is 0.481 e. The third-order valence-electron chi connectivity index (χ3n) is 2.40. The normalized spacial score (nSPS) is 12.1. The van der Waals surface area contributed by atoms with Gasteiger partial charge < -0.3 is 20.9 Å². The number of amides is 1. The fourth-order valence-corrected chi connectivity index (χ4v) is 1.35. The molecule has 0 bridgehead atoms. The van der Waals surface area contributed by atoms with Crippen molar-refractivity contribution in [2.45, 2.75) is 38.2 Å². The van der Waals surface area contributed by atoms with E-state index < -0.39 is 5.97 Å². The molecule has 0 saturated heterocycles. The van der Waals surface area contributed by atoms with Gasteiger partial charge in [-0.1, -0.05) is 6.42 Å². The molecule has 0 aromatic rings. The molecule has 0 fully saturated rings. The van der Waals surface area contributed by atoms with E-state index in [-0.39, 0.29) is 24.9 Å². The average Bonchev–Trinajstić information content (AvgIpc) is 2.30. The summed E-state index contributed by atoms with van der Waals surface area (Å²) in [5.41, 5.74) is 5.39. The number of carbonyl (C=O) groups is 2. The number of nitrogens with two attached hydrogens (primary N) is 1. The van der Waals surface area contributed by atoms with Crippen LogP contribution >= 0.6 is 0 Å². The Bertz CT molecular complexity index is 230. The van der Waals surface area contributed by atoms with Crippen molar-refractivity contribution in [1.29, 1.82) is 0 Å². The van der Waals surface area contributed by atoms with Crippen molar-refractivity contribution in [3.8, 4) is 0 Å². The number of hydrogen-bond acceptors (Lipinski definition) is 4. The minimum Gasteiger partial charge on any atom is -0.481 e. The Morgan fingerprint density at radius 1 is 1.35 bits per heavy atom. The topological polar surface area (TPSA) is 102 Å². The van der Waals surface area contributed by atoms with Crippen LogP contribution in [0.3, 0.4) is 0 Å². The van der Waals surface area contributed by atoms with E-state index >= 15 is 0 Å². The smallest absolute Gasteiger partial charge is 0.303 e. The molecule has 100 valence electrons. The number of nitrogens with one attached hydrogen (secondary N) is 1. The summed E-state index contributed by atoms with van der Waals surface area (Å²) in [6.45, 7) is 0.891. The van der Waals surface area contributed by atoms with Crippen LogP contribution in [0.2, 0.25) is 0 Å². The van der Waals surface area contributed by atoms with Crippen LogP contribution in [0.1, 0.15) is 32.1 Å². The van der Waals surface area contributed by atoms with Crippen molar-refractivity contribution >= 4 is 11.9 Å². The minimum absolute atomic E-state index is 0.0828. The van der Waals surface area contributed by atoms with Gasteiger partial charge in [-0.2, -0.15) is 0 Å². The van der Waals surface area contributed by atoms with Crippen molar-refractivity contribution in [3.05, 3.63) is 0 Å². The van der Waals surface area contributed by atoms with Gasteiger partial charge in [0.1, 0.15) is 0 Å². The molecule has 0 aliphatic carbocycles. The summed E-state index contributed by atoms with van der Waals surface area (Å²) < 4.78 is 4.99. The van der Waals surface area contributed by atoms with Gasteiger partial charge in [0.25, 0.3) is 0 Å². The van der Waals surface area contributed by atoms with Crippen LogP contribution in [0.25, 0.3) is 0 Å². The summed E-state index contributed by atoms with van der Waals surface area (Å²) in [5.74, 6) is -0.861. The number of unbranched alkanes of at least 4 members (excludes halogenated alkanes) is 2. The fraction of sp³-hybridized carbons (Fsp3) is 0.818. The number of carboxylic acids is 1. The minimum atomic E-state index is -0.778. The Hall–Kier alpha value is -1.14. The van der Waals surface area contributed by atoms with Crippen molar-refractivity contribution < 1.29 is 19.4 Å². The third kappa shape index (κ3) is 9.77. The lowest BCUT2D eigenvalue weighted by Crippen LogP contribution is -2.32. The molecule has 1 unspecified atom stereocenters. The van der Waals surface area contributed by atoms with Gasteiger partial charge in [0.05, 0.1) is 12.5 Å². The summed E-state index contributed by atoms with van der Waals surface area (Å²) >= 11 is 0. The summed E-state index contributed by atoms with van der Waals surface area (Å²) in [6.07, 6.45) is 2.46. The highest BCUT2D eigenvalue weighted by atomic mass is 16.5. The van der Waals surface area contributed by atoms with E-state index in [1.165, 1.54) is 7.11 Å². The number of ether oxygens (including phenoxy) is 1. The molecule has 0 aliphatic rings. The van der Waals surface area contributed by atoms with Crippen LogP contribution in [0.15, 0.2) is 0 Å². The second kappa shape index (κ2) is 10.0. The highest BCUT2D eigenvalue weighted by molar-refractivity contribution is 5.76. The molecule has 6 heteroatoms. The maximum absolute atomic E-state index is 11.4. The fourth-order valence-electron chi connectivity index (χ4n) is 1.35. The van der Waals surface area contributed by atoms with Crippen LogP contribution in [0.4, 0.5) is 0 Å². The van der Waals surface area contributed by atoms with Crippen molar-refractivity contribution in [2.75, 3.05) is 20.2 Å². The Kier molecular flexibility index (Phi) is 9.37. The van der Waals surface area contributed by atoms with Crippen molar-refractivity contribution in [2.24, 2.45) is 5.73 Å². The van der Waals surface area contributed by atoms with Crippen LogP contribution in [-0.2, 0) is 14.3 Å². The van der Waals surface area contributed by atoms with E-state index in [1.54, 1.807) is 0 Å². The van der Waals surface area contributed by atoms with Gasteiger partial charge >= 0.3 is 5.97 Å². The summed E-state index contributed by atoms with van der Waals surface area (Å²) in [5, 5.41) is 11.2. The van der Waals surface area contributed by atoms with Gasteiger partial charge in [-0.05, 0) is 12.8 Å². The summed E-state index contributed by atoms with van der Waals surface area (Å²) in [6, 6.07) is 0. The van der Waals surface area contributed by atoms with E-state index in [0.717, 1.165) is 12.8 Å². The zero-order chi connectivity index (χ0) is 13.1. The number of hydrogen-bond donors (Lipinski definition) is 3. The molecule has 6 nitrogen and oxygen atoms in total. The van der Waals surface area contributed by atoms with Gasteiger partial charge in [0.2, 0.25) is 5.91 Å². The molecular formula is C11H22N2O4. The average molecular weight is 246 g/mol. The van der Waals surface area contributed by atoms with Gasteiger partial charge in [-0.15, -0.1) is 0 Å². The maximum Gasteiger partial charge on any atom is 0.303 e. The third-order valence-corrected chi connectivity index (χ3v) is 2.40. The van der Waals surface area contributed by atoms with Crippen molar-refractivity contribution in [1.82, 2.24) is 5.32 Å². The lowest BCUT2D eigenvalue weighted by Gasteiger charge is -2.12. The van der Waals surface area contributed by atoms with Crippen LogP contribution in [0.5, 0.6) is 0 Å². The lowest BCUT2D eigenvalue weighted by molar-refractivity contribution is -0.137. The summed E-state index contributed by atoms with van der Waals surface area (Å²) in [4.78, 5) is 21.6. The molecule has 0 aliphatic heterocycles. The van der Waals surface area contributed by atoms with Gasteiger partial charge in [-0.25, -0.2) is 0 Å². The second-order valence-electron chi connectivity index (χ2n) is 3.85. The van der Waals surface area contributed by atoms with Crippen LogP contribution < -0.4 is 11.1 Å². The molecule has 1 atom stereocenters. The second-order valence-corrected chi connectivity index (χ2v) is 3.85. The molecule has 4 N–H and O–H groups in total. The zero-order valence-electron chi connectivity index (χ0n) is 10.3. The Balaban J connectivity index is 3.42. The van der Waals surface area contributed by atoms with Gasteiger partial charge in [-0.3, -0.25) is 9.59 Å². The predicted molar refractivity (Wildman–Crippen MR) is 63.6 cm³/mol. The van der Waals surface area contributed by atoms with E-state index in [1.807, 2.05) is 0 Å². The van der Waals surface area contributed by atoms with Crippen molar-refractivity contribution in [3.63, 3.8) is 0 Å². The van der Waals surface area contributed by atoms with E-state index in [2.05, 4.69) is 5.32 Å². The molecule has 0 saturated carbocycles. The number of methoxy groups -OCH3 is 1. The van der Waals surface area contributed by atoms with Crippen LogP contribution in [-0.4, -0.2) is 43.3 Å². The highest BCUT2D eigenvalue weighted by Gasteiger charge is 2.10. The molecule has 17 heavy (non-hydrogen) atoms. The predicted octanol–water partition coefficient (Wildman–Crippen LogP) is 0.111. The lowest BCUT2D eigenvalue weighted by atomic mass is 10.2. The first-order chi connectivity index (χ1) is 8.10. The molecule has 0 aromatic carbocycles. The van der Waals surface area contributed by atoms with Gasteiger partial charge in [0.15, 0.2) is 0 Å². The Morgan fingerprint density at radius 3 is 2.59 bits per heavy atom. The molecular weight excluding hydrogens is 224 g/mol. The first-order valence-electron chi connectivity index (χ1n) is 5.81. The molecule has 0 rings (SSSR count). The number of rotatable bonds is 10. The number of carbonyl (C=O) groups excluding carboxylic acids is 1. The molecule has 1 amide bonds. The first-order valence-corrected chi connectivity index (χ1v) is 5.81. The standard InChI is InChI=1S/C11H22N2O4/c1-17-9(8-12)7-10(14)13-6-4-2-3-5-11(15)16/h9H,2-8,12H2,1H3,(H,13,14)(H,15,16). The zero-order valence-corrected chi connectivity index (χ0v) is 10.3. The molecule has 0 heterocycles. The monoisotopic (exact) mass is 246 g/mol. The quantitative estimate of drug-likeness (QED) is 0.475. The van der Waals surface area contributed by atoms with E-state index in [9.17, 15) is 9.59 Å². The maximum atomic E-state index is 11.4. The number of carboxylic acid groups (broad SMARTS) is 1. The first kappa shape index (κ1) is 15.9. The SMILES string of the molecule is COC(CN)CC(=O)NCCCCCC(=O)O. The molecule has 0 radical (unpaired) electrons. The Labute approximate surface area is 102 Å². The Morgan fingerprint density at radius 2 is 2.06 bits per heavy atom. The molecule has 0 aromatic heterocycles. The van der Waals surface area contributed by atoms with E-state index in [0.29, 0.717) is 19.5 Å². The molecule has 0 spiro atoms. The highest BCUT2D eigenvalue weighted by Crippen LogP contribution is 1.99.